The number of nitrogens with one attached hydrogen (secondary N) is 2. The molecule has 0 aliphatic carbocycles. The molecule has 0 fully saturated rings. The second-order valence-corrected chi connectivity index (χ2v) is 11.5. The molecule has 1 unspecified atom stereocenters. The molecular formula is C29H35N3O7S. The normalized spacial score (nSPS) is 13.9. The van der Waals surface area contributed by atoms with E-state index in [1.807, 2.05) is 68.4 Å². The van der Waals surface area contributed by atoms with Crippen molar-refractivity contribution in [1.82, 2.24) is 14.9 Å². The van der Waals surface area contributed by atoms with Crippen LogP contribution in [0, 0.1) is 0 Å². The maximum absolute atomic E-state index is 13.3. The topological polar surface area (TPSA) is 142 Å². The molecule has 11 heteroatoms. The van der Waals surface area contributed by atoms with Crippen LogP contribution in [0.1, 0.15) is 42.1 Å². The zero-order chi connectivity index (χ0) is 29.4. The summed E-state index contributed by atoms with van der Waals surface area (Å²) >= 11 is 0. The van der Waals surface area contributed by atoms with Gasteiger partial charge in [0.25, 0.3) is 5.91 Å². The molecule has 0 aliphatic heterocycles. The molecule has 0 aliphatic rings. The highest BCUT2D eigenvalue weighted by atomic mass is 32.2. The number of carbonyl (C=O) groups is 3. The number of carboxylic acid groups (broad SMARTS) is 1. The monoisotopic (exact) mass is 569 g/mol. The van der Waals surface area contributed by atoms with E-state index < -0.39 is 40.5 Å². The van der Waals surface area contributed by atoms with Gasteiger partial charge in [0.2, 0.25) is 10.0 Å². The van der Waals surface area contributed by atoms with Crippen molar-refractivity contribution < 1.29 is 32.6 Å². The summed E-state index contributed by atoms with van der Waals surface area (Å²) in [6.45, 7) is 4.76. The van der Waals surface area contributed by atoms with Gasteiger partial charge in [-0.05, 0) is 55.6 Å². The zero-order valence-electron chi connectivity index (χ0n) is 23.0. The van der Waals surface area contributed by atoms with Crippen LogP contribution >= 0.6 is 0 Å². The van der Waals surface area contributed by atoms with Crippen LogP contribution in [0.2, 0.25) is 0 Å². The molecule has 214 valence electrons. The van der Waals surface area contributed by atoms with Crippen LogP contribution in [0.4, 0.5) is 0 Å². The molecule has 0 spiro atoms. The van der Waals surface area contributed by atoms with Crippen molar-refractivity contribution in [2.45, 2.75) is 43.2 Å². The maximum atomic E-state index is 13.3. The summed E-state index contributed by atoms with van der Waals surface area (Å²) in [6, 6.07) is 16.3. The zero-order valence-corrected chi connectivity index (χ0v) is 23.8. The molecule has 0 saturated carbocycles. The van der Waals surface area contributed by atoms with Crippen LogP contribution in [-0.4, -0.2) is 75.9 Å². The Hall–Kier alpha value is -3.80. The Morgan fingerprint density at radius 1 is 1.05 bits per heavy atom. The van der Waals surface area contributed by atoms with Gasteiger partial charge >= 0.3 is 5.97 Å². The summed E-state index contributed by atoms with van der Waals surface area (Å²) in [4.78, 5) is 36.9. The first-order valence-corrected chi connectivity index (χ1v) is 14.3. The quantitative estimate of drug-likeness (QED) is 0.252. The third-order valence-corrected chi connectivity index (χ3v) is 8.07. The summed E-state index contributed by atoms with van der Waals surface area (Å²) < 4.78 is 34.9. The average Bonchev–Trinajstić information content (AvgIpc) is 2.91. The van der Waals surface area contributed by atoms with Gasteiger partial charge in [-0.25, -0.2) is 13.1 Å². The van der Waals surface area contributed by atoms with E-state index in [-0.39, 0.29) is 28.4 Å². The molecule has 0 heterocycles. The largest absolute Gasteiger partial charge is 0.489 e. The lowest BCUT2D eigenvalue weighted by molar-refractivity contribution is -0.138. The predicted molar refractivity (Wildman–Crippen MR) is 152 cm³/mol. The Kier molecular flexibility index (Phi) is 10.4. The molecular weight excluding hydrogens is 534 g/mol. The van der Waals surface area contributed by atoms with E-state index in [1.54, 1.807) is 6.92 Å². The Labute approximate surface area is 234 Å². The molecule has 0 aromatic heterocycles. The molecule has 3 rings (SSSR count). The van der Waals surface area contributed by atoms with Gasteiger partial charge in [-0.3, -0.25) is 9.59 Å². The van der Waals surface area contributed by atoms with Crippen LogP contribution in [-0.2, 0) is 19.6 Å². The number of carbonyl (C=O) groups excluding carboxylic acids is 2. The van der Waals surface area contributed by atoms with Crippen molar-refractivity contribution in [3.05, 3.63) is 71.8 Å². The molecule has 0 radical (unpaired) electrons. The van der Waals surface area contributed by atoms with Crippen LogP contribution < -0.4 is 14.8 Å². The van der Waals surface area contributed by atoms with E-state index in [1.165, 1.54) is 18.2 Å². The molecule has 0 saturated heterocycles. The first-order valence-electron chi connectivity index (χ1n) is 12.8. The number of hydrogen-bond donors (Lipinski definition) is 3. The molecule has 3 aromatic carbocycles. The van der Waals surface area contributed by atoms with E-state index in [0.29, 0.717) is 13.1 Å². The third kappa shape index (κ3) is 7.87. The van der Waals surface area contributed by atoms with Gasteiger partial charge < -0.3 is 24.9 Å². The second kappa shape index (κ2) is 13.5. The lowest BCUT2D eigenvalue weighted by atomic mass is 9.91. The fraction of sp³-hybridized carbons (Fsp3) is 0.345. The lowest BCUT2D eigenvalue weighted by Crippen LogP contribution is -2.38. The van der Waals surface area contributed by atoms with Crippen molar-refractivity contribution in [3.8, 4) is 5.75 Å². The van der Waals surface area contributed by atoms with Crippen LogP contribution in [0.25, 0.3) is 10.8 Å². The number of rotatable bonds is 14. The number of ether oxygens (including phenoxy) is 1. The molecule has 3 aromatic rings. The lowest BCUT2D eigenvalue weighted by Gasteiger charge is -2.25. The third-order valence-electron chi connectivity index (χ3n) is 6.54. The van der Waals surface area contributed by atoms with Crippen molar-refractivity contribution in [2.24, 2.45) is 0 Å². The van der Waals surface area contributed by atoms with E-state index in [4.69, 9.17) is 9.84 Å². The van der Waals surface area contributed by atoms with Crippen molar-refractivity contribution >= 4 is 39.0 Å². The highest BCUT2D eigenvalue weighted by Crippen LogP contribution is 2.33. The fourth-order valence-corrected chi connectivity index (χ4v) is 5.51. The van der Waals surface area contributed by atoms with Crippen LogP contribution in [0.15, 0.2) is 65.6 Å². The summed E-state index contributed by atoms with van der Waals surface area (Å²) in [6.07, 6.45) is -1.03. The van der Waals surface area contributed by atoms with E-state index in [9.17, 15) is 22.8 Å². The number of fused-ring (bicyclic) bond motifs is 1. The Morgan fingerprint density at radius 2 is 1.75 bits per heavy atom. The maximum Gasteiger partial charge on any atom is 0.305 e. The number of carboxylic acids is 1. The predicted octanol–water partition coefficient (Wildman–Crippen LogP) is 3.02. The number of hydrogen-bond acceptors (Lipinski definition) is 7. The Bertz CT molecular complexity index is 1470. The summed E-state index contributed by atoms with van der Waals surface area (Å²) in [7, 11) is -0.647. The average molecular weight is 570 g/mol. The number of sulfonamides is 1. The van der Waals surface area contributed by atoms with Crippen molar-refractivity contribution in [1.29, 1.82) is 0 Å². The number of aliphatic carboxylic acids is 1. The first-order chi connectivity index (χ1) is 18.9. The van der Waals surface area contributed by atoms with Crippen molar-refractivity contribution in [2.75, 3.05) is 27.2 Å². The standard InChI is InChI=1S/C29H35N3O7S/c1-19(24-11-7-9-21-8-5-6-10-25(21)24)20(2)39-26-16-22(29(36)30-14-15-32(3)4)12-13-27(26)40(37,38)31-23(18-33)17-28(34)35/h5-13,16,18-20,23,31H,14-15,17H2,1-4H3,(H,30,36)(H,34,35)/t19-,20-,23?/m1/s1. The molecule has 40 heavy (non-hydrogen) atoms. The van der Waals surface area contributed by atoms with Gasteiger partial charge in [0, 0.05) is 24.6 Å². The molecule has 3 atom stereocenters. The second-order valence-electron chi connectivity index (χ2n) is 9.86. The van der Waals surface area contributed by atoms with E-state index >= 15 is 0 Å². The summed E-state index contributed by atoms with van der Waals surface area (Å²) in [5, 5.41) is 13.9. The van der Waals surface area contributed by atoms with Gasteiger partial charge in [0.1, 0.15) is 23.0 Å². The van der Waals surface area contributed by atoms with Gasteiger partial charge in [-0.15, -0.1) is 0 Å². The number of aldehydes is 1. The van der Waals surface area contributed by atoms with Gasteiger partial charge in [-0.2, -0.15) is 0 Å². The highest BCUT2D eigenvalue weighted by Gasteiger charge is 2.28. The molecule has 3 N–H and O–H groups in total. The van der Waals surface area contributed by atoms with Crippen LogP contribution in [0.5, 0.6) is 5.75 Å². The number of benzene rings is 3. The number of likely N-dealkylation sites (N-methyl/N-ethyl adjacent to an activating group) is 1. The smallest absolute Gasteiger partial charge is 0.305 e. The van der Waals surface area contributed by atoms with Crippen LogP contribution in [0.3, 0.4) is 0 Å². The number of amides is 1. The van der Waals surface area contributed by atoms with E-state index in [0.717, 1.165) is 16.3 Å². The van der Waals surface area contributed by atoms with Crippen molar-refractivity contribution in [3.63, 3.8) is 0 Å². The SMILES string of the molecule is C[C@@H](Oc1cc(C(=O)NCCN(C)C)ccc1S(=O)(=O)NC(C=O)CC(=O)O)[C@@H](C)c1cccc2ccccc12. The molecule has 10 nitrogen and oxygen atoms in total. The van der Waals surface area contributed by atoms with E-state index in [2.05, 4.69) is 10.0 Å². The highest BCUT2D eigenvalue weighted by molar-refractivity contribution is 7.89. The van der Waals surface area contributed by atoms with Gasteiger partial charge in [0.05, 0.1) is 12.5 Å². The summed E-state index contributed by atoms with van der Waals surface area (Å²) in [5.74, 6) is -2.01. The van der Waals surface area contributed by atoms with Gasteiger partial charge in [-0.1, -0.05) is 49.4 Å². The summed E-state index contributed by atoms with van der Waals surface area (Å²) in [5.41, 5.74) is 1.20. The Balaban J connectivity index is 1.97. The minimum absolute atomic E-state index is 0.0904. The minimum atomic E-state index is -4.40. The first kappa shape index (κ1) is 30.7. The molecule has 1 amide bonds. The minimum Gasteiger partial charge on any atom is -0.489 e. The van der Waals surface area contributed by atoms with Gasteiger partial charge in [0.15, 0.2) is 0 Å². The Morgan fingerprint density at radius 3 is 2.42 bits per heavy atom. The number of nitrogens with zero attached hydrogens (tertiary/aromatic N) is 1. The fourth-order valence-electron chi connectivity index (χ4n) is 4.23. The molecule has 0 bridgehead atoms.